The van der Waals surface area contributed by atoms with Gasteiger partial charge >= 0.3 is 113 Å². The summed E-state index contributed by atoms with van der Waals surface area (Å²) in [7, 11) is 0. The SMILES string of the molecule is O=C([O-])C1CC(C(=O)[O-])(C(=O)[O-])C(C(=O)[O-])C1(C(=O)[O-])C(=O)[O-].[Ca+2].[Ca+2].[Ca+2]. The minimum atomic E-state index is -4.09. The Morgan fingerprint density at radius 1 is 0.615 bits per heavy atom. The summed E-state index contributed by atoms with van der Waals surface area (Å²) < 4.78 is 0. The van der Waals surface area contributed by atoms with Gasteiger partial charge in [0.25, 0.3) is 0 Å². The third-order valence-electron chi connectivity index (χ3n) is 3.95. The molecule has 0 aliphatic heterocycles. The molecule has 126 valence electrons. The zero-order chi connectivity index (χ0) is 18.3. The molecule has 15 heteroatoms. The van der Waals surface area contributed by atoms with Gasteiger partial charge in [-0.05, 0) is 6.42 Å². The Morgan fingerprint density at radius 3 is 1.15 bits per heavy atom. The topological polar surface area (TPSA) is 241 Å². The Morgan fingerprint density at radius 2 is 0.962 bits per heavy atom. The first-order valence-electron chi connectivity index (χ1n) is 5.65. The van der Waals surface area contributed by atoms with E-state index in [4.69, 9.17) is 0 Å². The number of carbonyl (C=O) groups excluding carboxylic acids is 6. The number of carboxylic acids is 6. The molecule has 1 rings (SSSR count). The van der Waals surface area contributed by atoms with Gasteiger partial charge in [0.1, 0.15) is 0 Å². The fraction of sp³-hybridized carbons (Fsp3) is 0.455. The van der Waals surface area contributed by atoms with E-state index in [9.17, 15) is 59.4 Å². The molecule has 0 aromatic heterocycles. The first-order chi connectivity index (χ1) is 10.4. The maximum absolute atomic E-state index is 11.2. The summed E-state index contributed by atoms with van der Waals surface area (Å²) in [6, 6.07) is 0. The van der Waals surface area contributed by atoms with Gasteiger partial charge in [0.15, 0.2) is 0 Å². The molecule has 0 aromatic rings. The van der Waals surface area contributed by atoms with Crippen LogP contribution in [0.1, 0.15) is 6.42 Å². The van der Waals surface area contributed by atoms with Crippen LogP contribution in [-0.2, 0) is 28.8 Å². The average molecular weight is 448 g/mol. The van der Waals surface area contributed by atoms with Gasteiger partial charge in [-0.3, -0.25) is 0 Å². The zero-order valence-corrected chi connectivity index (χ0v) is 19.5. The Balaban J connectivity index is -0.00000176. The Labute approximate surface area is 233 Å². The fourth-order valence-electron chi connectivity index (χ4n) is 2.94. The molecule has 2 unspecified atom stereocenters. The number of carbonyl (C=O) groups is 6. The smallest absolute Gasteiger partial charge is 0.550 e. The molecule has 1 fully saturated rings. The van der Waals surface area contributed by atoms with E-state index < -0.39 is 64.9 Å². The van der Waals surface area contributed by atoms with Crippen LogP contribution in [0.5, 0.6) is 0 Å². The number of hydrogen-bond donors (Lipinski definition) is 0. The first kappa shape index (κ1) is 31.3. The first-order valence-corrected chi connectivity index (χ1v) is 5.65. The van der Waals surface area contributed by atoms with Crippen molar-refractivity contribution >= 4 is 149 Å². The van der Waals surface area contributed by atoms with Crippen molar-refractivity contribution in [3.63, 3.8) is 0 Å². The Hall–Kier alpha value is 0.599. The third-order valence-corrected chi connectivity index (χ3v) is 3.95. The van der Waals surface area contributed by atoms with Crippen LogP contribution in [0.2, 0.25) is 0 Å². The molecule has 26 heavy (non-hydrogen) atoms. The summed E-state index contributed by atoms with van der Waals surface area (Å²) in [5.74, 6) is -23.1. The van der Waals surface area contributed by atoms with Gasteiger partial charge in [0.2, 0.25) is 0 Å². The third kappa shape index (κ3) is 4.43. The summed E-state index contributed by atoms with van der Waals surface area (Å²) in [6.07, 6.45) is -1.82. The van der Waals surface area contributed by atoms with E-state index in [1.165, 1.54) is 0 Å². The maximum atomic E-state index is 11.2. The van der Waals surface area contributed by atoms with Crippen LogP contribution in [0.3, 0.4) is 0 Å². The van der Waals surface area contributed by atoms with Gasteiger partial charge < -0.3 is 59.4 Å². The molecule has 0 heterocycles. The molecule has 1 aliphatic rings. The normalized spacial score (nSPS) is 21.7. The second kappa shape index (κ2) is 11.0. The summed E-state index contributed by atoms with van der Waals surface area (Å²) in [5, 5.41) is 66.7. The van der Waals surface area contributed by atoms with Gasteiger partial charge in [-0.15, -0.1) is 0 Å². The van der Waals surface area contributed by atoms with Crippen LogP contribution in [0.25, 0.3) is 0 Å². The molecule has 0 aromatic carbocycles. The zero-order valence-electron chi connectivity index (χ0n) is 12.9. The van der Waals surface area contributed by atoms with Crippen molar-refractivity contribution in [2.45, 2.75) is 6.42 Å². The number of hydrogen-bond acceptors (Lipinski definition) is 12. The molecule has 0 spiro atoms. The standard InChI is InChI=1S/C11H10O12.3Ca/c12-4(13)2-1-10(6(16)17,7(18)19)3(5(14)15)11(2,8(20)21)9(22)23;;;/h2-3H,1H2,(H,12,13)(H,14,15)(H,16,17)(H,18,19)(H,20,21)(H,22,23);;;/q;3*+2/p-6. The van der Waals surface area contributed by atoms with Gasteiger partial charge in [-0.25, -0.2) is 0 Å². The van der Waals surface area contributed by atoms with E-state index in [1.54, 1.807) is 0 Å². The molecule has 0 N–H and O–H groups in total. The van der Waals surface area contributed by atoms with Crippen LogP contribution in [0.4, 0.5) is 0 Å². The summed E-state index contributed by atoms with van der Waals surface area (Å²) in [6.45, 7) is 0. The van der Waals surface area contributed by atoms with E-state index in [-0.39, 0.29) is 113 Å². The van der Waals surface area contributed by atoms with E-state index >= 15 is 0 Å². The van der Waals surface area contributed by atoms with Crippen LogP contribution < -0.4 is 30.6 Å². The molecule has 0 radical (unpaired) electrons. The Kier molecular flexibility index (Phi) is 13.2. The van der Waals surface area contributed by atoms with Gasteiger partial charge in [-0.2, -0.15) is 0 Å². The van der Waals surface area contributed by atoms with Crippen molar-refractivity contribution in [2.75, 3.05) is 0 Å². The molecule has 1 saturated carbocycles. The molecule has 12 nitrogen and oxygen atoms in total. The van der Waals surface area contributed by atoms with E-state index in [1.807, 2.05) is 0 Å². The maximum Gasteiger partial charge on any atom is 2.00 e. The van der Waals surface area contributed by atoms with Crippen molar-refractivity contribution in [3.8, 4) is 0 Å². The van der Waals surface area contributed by atoms with Gasteiger partial charge in [0.05, 0.1) is 34.7 Å². The van der Waals surface area contributed by atoms with Crippen LogP contribution in [-0.4, -0.2) is 149 Å². The average Bonchev–Trinajstić information content (AvgIpc) is 2.72. The van der Waals surface area contributed by atoms with E-state index in [0.29, 0.717) is 0 Å². The minimum Gasteiger partial charge on any atom is -0.550 e. The second-order valence-corrected chi connectivity index (χ2v) is 4.82. The number of carboxylic acid groups (broad SMARTS) is 6. The van der Waals surface area contributed by atoms with Crippen molar-refractivity contribution in [1.29, 1.82) is 0 Å². The molecule has 0 amide bonds. The van der Waals surface area contributed by atoms with Crippen molar-refractivity contribution in [1.82, 2.24) is 0 Å². The van der Waals surface area contributed by atoms with Gasteiger partial charge in [-0.1, -0.05) is 0 Å². The molecule has 0 saturated heterocycles. The fourth-order valence-corrected chi connectivity index (χ4v) is 2.94. The van der Waals surface area contributed by atoms with E-state index in [0.717, 1.165) is 0 Å². The van der Waals surface area contributed by atoms with Crippen molar-refractivity contribution in [2.24, 2.45) is 22.7 Å². The van der Waals surface area contributed by atoms with Gasteiger partial charge in [0, 0.05) is 23.8 Å². The van der Waals surface area contributed by atoms with Crippen LogP contribution >= 0.6 is 0 Å². The largest absolute Gasteiger partial charge is 2.00 e. The summed E-state index contributed by atoms with van der Waals surface area (Å²) in [5.41, 5.74) is -7.92. The molecule has 0 bridgehead atoms. The predicted octanol–water partition coefficient (Wildman–Crippen LogP) is -11.0. The van der Waals surface area contributed by atoms with E-state index in [2.05, 4.69) is 0 Å². The summed E-state index contributed by atoms with van der Waals surface area (Å²) >= 11 is 0. The quantitative estimate of drug-likeness (QED) is 0.272. The monoisotopic (exact) mass is 448 g/mol. The molecule has 2 atom stereocenters. The molecular weight excluding hydrogens is 444 g/mol. The second-order valence-electron chi connectivity index (χ2n) is 4.82. The number of rotatable bonds is 6. The summed E-state index contributed by atoms with van der Waals surface area (Å²) in [4.78, 5) is 66.7. The Bertz CT molecular complexity index is 616. The van der Waals surface area contributed by atoms with Crippen LogP contribution in [0, 0.1) is 22.7 Å². The molecule has 1 aliphatic carbocycles. The van der Waals surface area contributed by atoms with Crippen LogP contribution in [0.15, 0.2) is 0 Å². The predicted molar refractivity (Wildman–Crippen MR) is 63.8 cm³/mol. The van der Waals surface area contributed by atoms with Crippen molar-refractivity contribution < 1.29 is 59.4 Å². The minimum absolute atomic E-state index is 0. The number of aliphatic carboxylic acids is 6. The molecular formula is C11H4Ca3O12. The van der Waals surface area contributed by atoms with Crippen molar-refractivity contribution in [3.05, 3.63) is 0 Å².